The summed E-state index contributed by atoms with van der Waals surface area (Å²) in [5.74, 6) is -0.281. The zero-order valence-electron chi connectivity index (χ0n) is 15.2. The van der Waals surface area contributed by atoms with E-state index in [1.807, 2.05) is 18.2 Å². The summed E-state index contributed by atoms with van der Waals surface area (Å²) in [6.45, 7) is -0.531. The Kier molecular flexibility index (Phi) is 5.85. The molecule has 0 unspecified atom stereocenters. The monoisotopic (exact) mass is 383 g/mol. The Bertz CT molecular complexity index is 971. The zero-order chi connectivity index (χ0) is 19.9. The summed E-state index contributed by atoms with van der Waals surface area (Å²) in [4.78, 5) is 24.2. The second-order valence-corrected chi connectivity index (χ2v) is 5.47. The highest BCUT2D eigenvalue weighted by Crippen LogP contribution is 2.25. The predicted octanol–water partition coefficient (Wildman–Crippen LogP) is 2.55. The highest BCUT2D eigenvalue weighted by Gasteiger charge is 2.17. The molecular formula is C19H17N3O6. The molecule has 0 aliphatic rings. The van der Waals surface area contributed by atoms with E-state index in [-0.39, 0.29) is 23.2 Å². The van der Waals surface area contributed by atoms with Gasteiger partial charge in [0.25, 0.3) is 5.91 Å². The topological polar surface area (TPSA) is 113 Å². The maximum atomic E-state index is 12.2. The third kappa shape index (κ3) is 4.44. The van der Waals surface area contributed by atoms with Gasteiger partial charge in [0.2, 0.25) is 5.89 Å². The third-order valence-electron chi connectivity index (χ3n) is 3.66. The van der Waals surface area contributed by atoms with Gasteiger partial charge in [0.15, 0.2) is 6.61 Å². The first-order chi connectivity index (χ1) is 13.6. The molecule has 1 aromatic heterocycles. The quantitative estimate of drug-likeness (QED) is 0.620. The molecule has 3 aromatic rings. The third-order valence-corrected chi connectivity index (χ3v) is 3.66. The summed E-state index contributed by atoms with van der Waals surface area (Å²) in [5.41, 5.74) is 0.883. The number of benzene rings is 2. The van der Waals surface area contributed by atoms with Crippen LogP contribution in [0.4, 0.5) is 6.01 Å². The fourth-order valence-corrected chi connectivity index (χ4v) is 2.30. The van der Waals surface area contributed by atoms with Crippen molar-refractivity contribution in [3.8, 4) is 23.0 Å². The smallest absolute Gasteiger partial charge is 0.342 e. The summed E-state index contributed by atoms with van der Waals surface area (Å²) >= 11 is 0. The molecule has 0 atom stereocenters. The predicted molar refractivity (Wildman–Crippen MR) is 98.2 cm³/mol. The van der Waals surface area contributed by atoms with Crippen LogP contribution in [0, 0.1) is 0 Å². The lowest BCUT2D eigenvalue weighted by Crippen LogP contribution is -2.21. The SMILES string of the molecule is COc1ccc(C(=O)OCC(=O)Nc2nnc(-c3ccccc3)o2)c(OC)c1. The molecule has 0 saturated heterocycles. The molecule has 2 aromatic carbocycles. The van der Waals surface area contributed by atoms with Crippen LogP contribution < -0.4 is 14.8 Å². The van der Waals surface area contributed by atoms with Crippen LogP contribution in [-0.2, 0) is 9.53 Å². The molecule has 0 spiro atoms. The normalized spacial score (nSPS) is 10.2. The molecule has 9 nitrogen and oxygen atoms in total. The molecule has 1 N–H and O–H groups in total. The second kappa shape index (κ2) is 8.67. The van der Waals surface area contributed by atoms with Crippen molar-refractivity contribution in [2.75, 3.05) is 26.1 Å². The molecule has 0 aliphatic heterocycles. The van der Waals surface area contributed by atoms with E-state index in [1.165, 1.54) is 20.3 Å². The number of aromatic nitrogens is 2. The molecule has 9 heteroatoms. The molecular weight excluding hydrogens is 366 g/mol. The van der Waals surface area contributed by atoms with Gasteiger partial charge in [-0.15, -0.1) is 5.10 Å². The summed E-state index contributed by atoms with van der Waals surface area (Å²) in [6.07, 6.45) is 0. The van der Waals surface area contributed by atoms with Gasteiger partial charge in [0.1, 0.15) is 17.1 Å². The molecule has 1 heterocycles. The maximum absolute atomic E-state index is 12.2. The number of carbonyl (C=O) groups is 2. The average Bonchev–Trinajstić information content (AvgIpc) is 3.20. The van der Waals surface area contributed by atoms with Gasteiger partial charge in [0, 0.05) is 11.6 Å². The largest absolute Gasteiger partial charge is 0.497 e. The van der Waals surface area contributed by atoms with E-state index in [0.717, 1.165) is 0 Å². The van der Waals surface area contributed by atoms with Crippen LogP contribution in [0.2, 0.25) is 0 Å². The number of hydrogen-bond acceptors (Lipinski definition) is 8. The number of carbonyl (C=O) groups excluding carboxylic acids is 2. The Hall–Kier alpha value is -3.88. The van der Waals surface area contributed by atoms with E-state index in [1.54, 1.807) is 24.3 Å². The maximum Gasteiger partial charge on any atom is 0.342 e. The Morgan fingerprint density at radius 2 is 1.82 bits per heavy atom. The van der Waals surface area contributed by atoms with E-state index in [4.69, 9.17) is 18.6 Å². The van der Waals surface area contributed by atoms with Crippen molar-refractivity contribution >= 4 is 17.9 Å². The molecule has 28 heavy (non-hydrogen) atoms. The lowest BCUT2D eigenvalue weighted by atomic mass is 10.2. The summed E-state index contributed by atoms with van der Waals surface area (Å²) in [7, 11) is 2.91. The number of methoxy groups -OCH3 is 2. The van der Waals surface area contributed by atoms with Crippen molar-refractivity contribution in [2.45, 2.75) is 0 Å². The molecule has 0 saturated carbocycles. The first kappa shape index (κ1) is 18.9. The Morgan fingerprint density at radius 1 is 1.04 bits per heavy atom. The van der Waals surface area contributed by atoms with Crippen LogP contribution in [0.5, 0.6) is 11.5 Å². The van der Waals surface area contributed by atoms with Crippen molar-refractivity contribution in [1.82, 2.24) is 10.2 Å². The zero-order valence-corrected chi connectivity index (χ0v) is 15.2. The standard InChI is InChI=1S/C19H17N3O6/c1-25-13-8-9-14(15(10-13)26-2)18(24)27-11-16(23)20-19-22-21-17(28-19)12-6-4-3-5-7-12/h3-10H,11H2,1-2H3,(H,20,22,23). The van der Waals surface area contributed by atoms with Crippen LogP contribution in [0.15, 0.2) is 52.9 Å². The minimum Gasteiger partial charge on any atom is -0.497 e. The number of nitrogens with zero attached hydrogens (tertiary/aromatic N) is 2. The molecule has 0 bridgehead atoms. The highest BCUT2D eigenvalue weighted by molar-refractivity contribution is 5.96. The first-order valence-corrected chi connectivity index (χ1v) is 8.18. The van der Waals surface area contributed by atoms with Crippen LogP contribution >= 0.6 is 0 Å². The molecule has 3 rings (SSSR count). The van der Waals surface area contributed by atoms with Crippen LogP contribution in [-0.4, -0.2) is 42.9 Å². The average molecular weight is 383 g/mol. The molecule has 0 aliphatic carbocycles. The van der Waals surface area contributed by atoms with Crippen molar-refractivity contribution in [3.05, 3.63) is 54.1 Å². The number of hydrogen-bond donors (Lipinski definition) is 1. The minimum atomic E-state index is -0.717. The van der Waals surface area contributed by atoms with Gasteiger partial charge in [-0.05, 0) is 24.3 Å². The number of rotatable bonds is 7. The van der Waals surface area contributed by atoms with Crippen molar-refractivity contribution in [2.24, 2.45) is 0 Å². The molecule has 144 valence electrons. The van der Waals surface area contributed by atoms with E-state index in [9.17, 15) is 9.59 Å². The first-order valence-electron chi connectivity index (χ1n) is 8.18. The van der Waals surface area contributed by atoms with Crippen LogP contribution in [0.3, 0.4) is 0 Å². The number of amides is 1. The lowest BCUT2D eigenvalue weighted by molar-refractivity contribution is -0.119. The Morgan fingerprint density at radius 3 is 2.54 bits per heavy atom. The van der Waals surface area contributed by atoms with E-state index < -0.39 is 18.5 Å². The molecule has 0 radical (unpaired) electrons. The number of anilines is 1. The number of nitrogens with one attached hydrogen (secondary N) is 1. The lowest BCUT2D eigenvalue weighted by Gasteiger charge is -2.10. The van der Waals surface area contributed by atoms with Crippen LogP contribution in [0.1, 0.15) is 10.4 Å². The van der Waals surface area contributed by atoms with Crippen LogP contribution in [0.25, 0.3) is 11.5 Å². The van der Waals surface area contributed by atoms with Gasteiger partial charge < -0.3 is 18.6 Å². The van der Waals surface area contributed by atoms with Gasteiger partial charge in [-0.25, -0.2) is 4.79 Å². The summed E-state index contributed by atoms with van der Waals surface area (Å²) in [5, 5.41) is 9.97. The molecule has 1 amide bonds. The fraction of sp³-hybridized carbons (Fsp3) is 0.158. The second-order valence-electron chi connectivity index (χ2n) is 5.47. The van der Waals surface area contributed by atoms with Crippen molar-refractivity contribution in [3.63, 3.8) is 0 Å². The number of ether oxygens (including phenoxy) is 3. The van der Waals surface area contributed by atoms with E-state index >= 15 is 0 Å². The van der Waals surface area contributed by atoms with Gasteiger partial charge >= 0.3 is 12.0 Å². The van der Waals surface area contributed by atoms with E-state index in [0.29, 0.717) is 11.3 Å². The van der Waals surface area contributed by atoms with E-state index in [2.05, 4.69) is 15.5 Å². The van der Waals surface area contributed by atoms with Crippen molar-refractivity contribution < 1.29 is 28.2 Å². The Balaban J connectivity index is 1.57. The van der Waals surface area contributed by atoms with Crippen molar-refractivity contribution in [1.29, 1.82) is 0 Å². The van der Waals surface area contributed by atoms with Gasteiger partial charge in [-0.2, -0.15) is 0 Å². The summed E-state index contributed by atoms with van der Waals surface area (Å²) < 4.78 is 20.6. The van der Waals surface area contributed by atoms with Gasteiger partial charge in [-0.1, -0.05) is 23.3 Å². The highest BCUT2D eigenvalue weighted by atomic mass is 16.5. The minimum absolute atomic E-state index is 0.0954. The summed E-state index contributed by atoms with van der Waals surface area (Å²) in [6, 6.07) is 13.6. The molecule has 0 fully saturated rings. The van der Waals surface area contributed by atoms with Gasteiger partial charge in [0.05, 0.1) is 14.2 Å². The number of esters is 1. The van der Waals surface area contributed by atoms with Gasteiger partial charge in [-0.3, -0.25) is 10.1 Å². The fourth-order valence-electron chi connectivity index (χ4n) is 2.30. The Labute approximate surface area is 160 Å².